The van der Waals surface area contributed by atoms with E-state index in [9.17, 15) is 23.2 Å². The highest BCUT2D eigenvalue weighted by Crippen LogP contribution is 2.25. The van der Waals surface area contributed by atoms with Crippen molar-refractivity contribution >= 4 is 34.3 Å². The Morgan fingerprint density at radius 1 is 1.21 bits per heavy atom. The second-order valence-electron chi connectivity index (χ2n) is 6.27. The van der Waals surface area contributed by atoms with Gasteiger partial charge in [0.1, 0.15) is 22.6 Å². The summed E-state index contributed by atoms with van der Waals surface area (Å²) in [6, 6.07) is 1.88. The molecule has 0 spiro atoms. The lowest BCUT2D eigenvalue weighted by atomic mass is 10.1. The lowest BCUT2D eigenvalue weighted by molar-refractivity contribution is -0.125. The van der Waals surface area contributed by atoms with Crippen molar-refractivity contribution in [3.05, 3.63) is 46.0 Å². The molecule has 1 aromatic heterocycles. The summed E-state index contributed by atoms with van der Waals surface area (Å²) >= 11 is 0.989. The Morgan fingerprint density at radius 3 is 2.45 bits per heavy atom. The van der Waals surface area contributed by atoms with Crippen LogP contribution < -0.4 is 10.6 Å². The van der Waals surface area contributed by atoms with Crippen LogP contribution in [0.4, 0.5) is 13.9 Å². The maximum atomic E-state index is 13.2. The molecule has 0 saturated carbocycles. The smallest absolute Gasteiger partial charge is 0.350 e. The number of benzene rings is 1. The Hall–Kier alpha value is -2.88. The number of nitrogens with one attached hydrogen (secondary N) is 2. The Bertz CT molecular complexity index is 897. The van der Waals surface area contributed by atoms with Crippen LogP contribution in [0.2, 0.25) is 0 Å². The van der Waals surface area contributed by atoms with E-state index in [0.717, 1.165) is 29.9 Å². The van der Waals surface area contributed by atoms with Gasteiger partial charge in [-0.2, -0.15) is 0 Å². The molecule has 0 unspecified atom stereocenters. The molecule has 1 heterocycles. The number of ether oxygens (including phenoxy) is 1. The molecule has 2 amide bonds. The molecule has 156 valence electrons. The Labute approximate surface area is 170 Å². The van der Waals surface area contributed by atoms with Gasteiger partial charge >= 0.3 is 5.97 Å². The number of halogens is 2. The van der Waals surface area contributed by atoms with Crippen molar-refractivity contribution in [2.24, 2.45) is 0 Å². The molecule has 29 heavy (non-hydrogen) atoms. The molecule has 1 aromatic carbocycles. The molecule has 0 aliphatic rings. The van der Waals surface area contributed by atoms with Crippen LogP contribution in [0.1, 0.15) is 41.2 Å². The van der Waals surface area contributed by atoms with Crippen LogP contribution in [-0.2, 0) is 27.2 Å². The number of carbonyl (C=O) groups is 3. The molecule has 0 aliphatic heterocycles. The minimum atomic E-state index is -0.930. The quantitative estimate of drug-likeness (QED) is 0.634. The van der Waals surface area contributed by atoms with Crippen molar-refractivity contribution in [1.82, 2.24) is 10.3 Å². The van der Waals surface area contributed by atoms with Gasteiger partial charge in [-0.1, -0.05) is 24.7 Å². The lowest BCUT2D eigenvalue weighted by Gasteiger charge is -2.13. The number of rotatable bonds is 8. The van der Waals surface area contributed by atoms with Crippen LogP contribution in [-0.4, -0.2) is 35.9 Å². The van der Waals surface area contributed by atoms with Crippen LogP contribution in [0.25, 0.3) is 0 Å². The fourth-order valence-electron chi connectivity index (χ4n) is 2.53. The zero-order chi connectivity index (χ0) is 21.6. The third-order valence-electron chi connectivity index (χ3n) is 3.84. The number of hydrogen-bond donors (Lipinski definition) is 2. The minimum absolute atomic E-state index is 0.152. The van der Waals surface area contributed by atoms with E-state index in [0.29, 0.717) is 23.1 Å². The number of nitrogens with zero attached hydrogens (tertiary/aromatic N) is 1. The van der Waals surface area contributed by atoms with Gasteiger partial charge in [0.25, 0.3) is 0 Å². The number of thiazole rings is 1. The van der Waals surface area contributed by atoms with E-state index in [2.05, 4.69) is 15.6 Å². The topological polar surface area (TPSA) is 97.4 Å². The van der Waals surface area contributed by atoms with E-state index < -0.39 is 35.5 Å². The summed E-state index contributed by atoms with van der Waals surface area (Å²) in [6.45, 7) is 3.39. The molecule has 7 nitrogen and oxygen atoms in total. The van der Waals surface area contributed by atoms with Crippen LogP contribution in [0.3, 0.4) is 0 Å². The zero-order valence-corrected chi connectivity index (χ0v) is 17.0. The largest absolute Gasteiger partial charge is 0.465 e. The summed E-state index contributed by atoms with van der Waals surface area (Å²) in [4.78, 5) is 40.8. The fraction of sp³-hybridized carbons (Fsp3) is 0.368. The van der Waals surface area contributed by atoms with Crippen molar-refractivity contribution in [2.75, 3.05) is 12.4 Å². The summed E-state index contributed by atoms with van der Waals surface area (Å²) in [5.74, 6) is -3.22. The number of carbonyl (C=O) groups excluding carboxylic acids is 3. The Kier molecular flexibility index (Phi) is 7.77. The number of esters is 1. The van der Waals surface area contributed by atoms with Crippen LogP contribution in [0.5, 0.6) is 0 Å². The first-order valence-corrected chi connectivity index (χ1v) is 9.68. The number of anilines is 1. The van der Waals surface area contributed by atoms with E-state index in [1.807, 2.05) is 6.92 Å². The summed E-state index contributed by atoms with van der Waals surface area (Å²) in [6.07, 6.45) is 1.03. The van der Waals surface area contributed by atoms with Crippen molar-refractivity contribution in [3.8, 4) is 0 Å². The van der Waals surface area contributed by atoms with Gasteiger partial charge < -0.3 is 15.4 Å². The minimum Gasteiger partial charge on any atom is -0.465 e. The normalized spacial score (nSPS) is 11.6. The van der Waals surface area contributed by atoms with Gasteiger partial charge in [-0.15, -0.1) is 0 Å². The van der Waals surface area contributed by atoms with Gasteiger partial charge in [-0.3, -0.25) is 9.59 Å². The number of hydrogen-bond acceptors (Lipinski definition) is 6. The molecule has 2 rings (SSSR count). The second-order valence-corrected chi connectivity index (χ2v) is 7.27. The van der Waals surface area contributed by atoms with Gasteiger partial charge in [-0.25, -0.2) is 18.6 Å². The molecule has 0 fully saturated rings. The molecule has 0 bridgehead atoms. The molecule has 1 atom stereocenters. The maximum absolute atomic E-state index is 13.2. The summed E-state index contributed by atoms with van der Waals surface area (Å²) in [5, 5.41) is 5.23. The summed E-state index contributed by atoms with van der Waals surface area (Å²) in [7, 11) is 1.26. The van der Waals surface area contributed by atoms with Crippen molar-refractivity contribution in [2.45, 2.75) is 39.2 Å². The van der Waals surface area contributed by atoms with Gasteiger partial charge in [0, 0.05) is 6.07 Å². The Morgan fingerprint density at radius 2 is 1.86 bits per heavy atom. The number of amides is 2. The van der Waals surface area contributed by atoms with Crippen molar-refractivity contribution in [1.29, 1.82) is 0 Å². The zero-order valence-electron chi connectivity index (χ0n) is 16.2. The lowest BCUT2D eigenvalue weighted by Crippen LogP contribution is -2.42. The van der Waals surface area contributed by atoms with Gasteiger partial charge in [0.15, 0.2) is 5.13 Å². The third-order valence-corrected chi connectivity index (χ3v) is 4.84. The van der Waals surface area contributed by atoms with Gasteiger partial charge in [-0.05, 0) is 31.0 Å². The van der Waals surface area contributed by atoms with E-state index in [1.165, 1.54) is 14.0 Å². The molecule has 10 heteroatoms. The average molecular weight is 425 g/mol. The molecule has 0 aliphatic carbocycles. The molecule has 0 saturated heterocycles. The standard InChI is InChI=1S/C19H21F2N3O4S/c1-4-5-14-16(18(27)28-3)29-19(23-14)24-17(26)10(2)22-15(25)8-11-6-12(20)9-13(21)7-11/h6-7,9-10H,4-5,8H2,1-3H3,(H,22,25)(H,23,24,26)/t10-/m0/s1. The molecule has 0 radical (unpaired) electrons. The fourth-order valence-corrected chi connectivity index (χ4v) is 3.47. The second kappa shape index (κ2) is 10.1. The number of methoxy groups -OCH3 is 1. The highest BCUT2D eigenvalue weighted by Gasteiger charge is 2.22. The van der Waals surface area contributed by atoms with Gasteiger partial charge in [0.2, 0.25) is 11.8 Å². The third kappa shape index (κ3) is 6.31. The highest BCUT2D eigenvalue weighted by molar-refractivity contribution is 7.17. The van der Waals surface area contributed by atoms with Crippen LogP contribution >= 0.6 is 11.3 Å². The summed E-state index contributed by atoms with van der Waals surface area (Å²) in [5.41, 5.74) is 0.684. The SMILES string of the molecule is CCCc1nc(NC(=O)[C@H](C)NC(=O)Cc2cc(F)cc(F)c2)sc1C(=O)OC. The molecule has 2 N–H and O–H groups in total. The first kappa shape index (κ1) is 22.4. The van der Waals surface area contributed by atoms with E-state index in [-0.39, 0.29) is 17.1 Å². The first-order chi connectivity index (χ1) is 13.7. The van der Waals surface area contributed by atoms with Crippen molar-refractivity contribution < 1.29 is 27.9 Å². The van der Waals surface area contributed by atoms with Gasteiger partial charge in [0.05, 0.1) is 19.2 Å². The Balaban J connectivity index is 1.99. The molecular formula is C19H21F2N3O4S. The monoisotopic (exact) mass is 425 g/mol. The molecular weight excluding hydrogens is 404 g/mol. The van der Waals surface area contributed by atoms with E-state index >= 15 is 0 Å². The van der Waals surface area contributed by atoms with Crippen LogP contribution in [0.15, 0.2) is 18.2 Å². The predicted molar refractivity (Wildman–Crippen MR) is 104 cm³/mol. The number of aryl methyl sites for hydroxylation is 1. The first-order valence-electron chi connectivity index (χ1n) is 8.86. The van der Waals surface area contributed by atoms with E-state index in [4.69, 9.17) is 4.74 Å². The predicted octanol–water partition coefficient (Wildman–Crippen LogP) is 2.85. The van der Waals surface area contributed by atoms with Crippen LogP contribution in [0, 0.1) is 11.6 Å². The van der Waals surface area contributed by atoms with Crippen molar-refractivity contribution in [3.63, 3.8) is 0 Å². The highest BCUT2D eigenvalue weighted by atomic mass is 32.1. The average Bonchev–Trinajstić information content (AvgIpc) is 3.02. The number of aromatic nitrogens is 1. The maximum Gasteiger partial charge on any atom is 0.350 e. The van der Waals surface area contributed by atoms with E-state index in [1.54, 1.807) is 0 Å². The molecule has 2 aromatic rings. The summed E-state index contributed by atoms with van der Waals surface area (Å²) < 4.78 is 31.1.